The topological polar surface area (TPSA) is 237 Å². The minimum absolute atomic E-state index is 0.0978. The van der Waals surface area contributed by atoms with E-state index in [9.17, 15) is 43.2 Å². The van der Waals surface area contributed by atoms with Gasteiger partial charge in [0.2, 0.25) is 0 Å². The molecule has 95 heavy (non-hydrogen) atoms. The normalized spacial score (nSPS) is 14.5. The smallest absolute Gasteiger partial charge is 0.462 e. The predicted octanol–water partition coefficient (Wildman–Crippen LogP) is 21.7. The van der Waals surface area contributed by atoms with E-state index in [2.05, 4.69) is 72.8 Å². The summed E-state index contributed by atoms with van der Waals surface area (Å²) in [5, 5.41) is 10.6. The van der Waals surface area contributed by atoms with Gasteiger partial charge in [0, 0.05) is 25.7 Å². The number of ether oxygens (including phenoxy) is 4. The molecule has 0 heterocycles. The number of carbonyl (C=O) groups is 4. The highest BCUT2D eigenvalue weighted by Gasteiger charge is 2.30. The molecule has 0 saturated carbocycles. The summed E-state index contributed by atoms with van der Waals surface area (Å²) in [5.41, 5.74) is 0. The maximum absolute atomic E-state index is 13.1. The van der Waals surface area contributed by atoms with E-state index in [0.717, 1.165) is 127 Å². The van der Waals surface area contributed by atoms with Crippen molar-refractivity contribution in [1.29, 1.82) is 0 Å². The Morgan fingerprint density at radius 1 is 0.347 bits per heavy atom. The molecule has 17 nitrogen and oxygen atoms in total. The van der Waals surface area contributed by atoms with Crippen LogP contribution < -0.4 is 0 Å². The van der Waals surface area contributed by atoms with Gasteiger partial charge in [-0.05, 0) is 69.1 Å². The average Bonchev–Trinajstić information content (AvgIpc) is 2.01. The van der Waals surface area contributed by atoms with Gasteiger partial charge >= 0.3 is 39.5 Å². The van der Waals surface area contributed by atoms with Crippen LogP contribution in [-0.2, 0) is 65.4 Å². The number of rotatable bonds is 72. The molecule has 19 heteroatoms. The van der Waals surface area contributed by atoms with Gasteiger partial charge in [0.15, 0.2) is 12.2 Å². The van der Waals surface area contributed by atoms with Crippen molar-refractivity contribution >= 4 is 39.5 Å². The second-order valence-electron chi connectivity index (χ2n) is 27.9. The number of allylic oxidation sites excluding steroid dienone is 4. The second-order valence-corrected chi connectivity index (χ2v) is 30.8. The number of esters is 4. The van der Waals surface area contributed by atoms with E-state index in [1.165, 1.54) is 148 Å². The van der Waals surface area contributed by atoms with Crippen LogP contribution in [0.15, 0.2) is 24.3 Å². The van der Waals surface area contributed by atoms with Crippen molar-refractivity contribution in [3.05, 3.63) is 24.3 Å². The lowest BCUT2D eigenvalue weighted by Gasteiger charge is -2.21. The lowest BCUT2D eigenvalue weighted by Crippen LogP contribution is -2.30. The van der Waals surface area contributed by atoms with E-state index in [1.807, 2.05) is 0 Å². The summed E-state index contributed by atoms with van der Waals surface area (Å²) in [4.78, 5) is 72.7. The predicted molar refractivity (Wildman–Crippen MR) is 386 cm³/mol. The van der Waals surface area contributed by atoms with E-state index >= 15 is 0 Å². The summed E-state index contributed by atoms with van der Waals surface area (Å²) >= 11 is 0. The molecule has 0 aromatic carbocycles. The van der Waals surface area contributed by atoms with E-state index in [1.54, 1.807) is 0 Å². The van der Waals surface area contributed by atoms with Crippen molar-refractivity contribution < 1.29 is 80.2 Å². The molecular formula is C76H144O17P2. The molecule has 6 atom stereocenters. The summed E-state index contributed by atoms with van der Waals surface area (Å²) in [7, 11) is -9.92. The Labute approximate surface area is 580 Å². The maximum atomic E-state index is 13.1. The highest BCUT2D eigenvalue weighted by molar-refractivity contribution is 7.47. The van der Waals surface area contributed by atoms with Gasteiger partial charge in [-0.15, -0.1) is 0 Å². The lowest BCUT2D eigenvalue weighted by atomic mass is 9.99. The van der Waals surface area contributed by atoms with Gasteiger partial charge in [0.1, 0.15) is 19.3 Å². The Hall–Kier alpha value is -2.46. The summed E-state index contributed by atoms with van der Waals surface area (Å²) < 4.78 is 68.4. The zero-order chi connectivity index (χ0) is 70.1. The van der Waals surface area contributed by atoms with Crippen LogP contribution in [0, 0.1) is 17.8 Å². The van der Waals surface area contributed by atoms with Crippen LogP contribution in [0.1, 0.15) is 363 Å². The fourth-order valence-corrected chi connectivity index (χ4v) is 12.6. The highest BCUT2D eigenvalue weighted by atomic mass is 31.2. The molecule has 0 aromatic heterocycles. The fourth-order valence-electron chi connectivity index (χ4n) is 11.0. The first-order valence-electron chi connectivity index (χ1n) is 38.7. The standard InChI is InChI=1S/C76H144O17P2/c1-8-10-11-12-13-14-15-16-19-23-26-29-35-43-50-57-73(78)86-63-71(93-76(81)60-53-46-37-32-31-34-42-49-56-69(7)9-2)65-90-94(82,83)88-61-70(77)62-89-95(84,85)91-66-72(64-87-74(79)58-51-44-39-38-41-48-55-68(5)6)92-75(80)59-52-45-36-30-27-24-21-18-17-20-22-25-28-33-40-47-54-67(3)4/h14-16,19,67-72,77H,8-13,17-18,20-66H2,1-7H3,(H,82,83)(H,84,85)/b15-14-,19-16-/t69?,70?,71-,72-/m1/s1. The summed E-state index contributed by atoms with van der Waals surface area (Å²) in [6.45, 7) is 11.8. The highest BCUT2D eigenvalue weighted by Crippen LogP contribution is 2.45. The van der Waals surface area contributed by atoms with Gasteiger partial charge in [0.05, 0.1) is 26.4 Å². The second kappa shape index (κ2) is 66.1. The van der Waals surface area contributed by atoms with Gasteiger partial charge in [-0.2, -0.15) is 0 Å². The Bertz CT molecular complexity index is 1950. The monoisotopic (exact) mass is 1390 g/mol. The molecule has 0 radical (unpaired) electrons. The molecule has 0 rings (SSSR count). The minimum atomic E-state index is -4.96. The number of carbonyl (C=O) groups excluding carboxylic acids is 4. The summed E-state index contributed by atoms with van der Waals surface area (Å²) in [5.74, 6) is 0.0997. The third kappa shape index (κ3) is 68.5. The number of aliphatic hydroxyl groups excluding tert-OH is 1. The molecule has 0 aromatic rings. The zero-order valence-corrected chi connectivity index (χ0v) is 63.4. The van der Waals surface area contributed by atoms with Crippen LogP contribution in [0.4, 0.5) is 0 Å². The molecule has 0 saturated heterocycles. The number of aliphatic hydroxyl groups is 1. The SMILES string of the molecule is CCCCCC/C=C\C=C/CCCCCCCC(=O)OC[C@H](COP(=O)(O)OCC(O)COP(=O)(O)OC[C@@H](COC(=O)CCCCCCCCC(C)C)OC(=O)CCCCCCCCCCCCCCCCCCC(C)C)OC(=O)CCCCCCCCCCC(C)CC. The molecule has 0 aliphatic rings. The van der Waals surface area contributed by atoms with Crippen molar-refractivity contribution in [2.24, 2.45) is 17.8 Å². The number of unbranched alkanes of at least 4 members (excludes halogenated alkanes) is 36. The molecule has 0 aliphatic carbocycles. The van der Waals surface area contributed by atoms with Crippen LogP contribution in [0.25, 0.3) is 0 Å². The largest absolute Gasteiger partial charge is 0.472 e. The van der Waals surface area contributed by atoms with Gasteiger partial charge in [-0.1, -0.05) is 310 Å². The molecule has 3 N–H and O–H groups in total. The van der Waals surface area contributed by atoms with E-state index in [0.29, 0.717) is 31.6 Å². The first-order chi connectivity index (χ1) is 45.8. The van der Waals surface area contributed by atoms with Crippen LogP contribution in [0.2, 0.25) is 0 Å². The Balaban J connectivity index is 5.23. The quantitative estimate of drug-likeness (QED) is 0.0169. The lowest BCUT2D eigenvalue weighted by molar-refractivity contribution is -0.161. The van der Waals surface area contributed by atoms with Crippen LogP contribution in [-0.4, -0.2) is 96.7 Å². The molecule has 0 aliphatic heterocycles. The van der Waals surface area contributed by atoms with E-state index in [4.69, 9.17) is 37.0 Å². The van der Waals surface area contributed by atoms with Crippen molar-refractivity contribution in [2.45, 2.75) is 381 Å². The van der Waals surface area contributed by atoms with Crippen LogP contribution in [0.5, 0.6) is 0 Å². The average molecular weight is 1390 g/mol. The first kappa shape index (κ1) is 92.5. The third-order valence-corrected chi connectivity index (χ3v) is 19.3. The molecule has 4 unspecified atom stereocenters. The Morgan fingerprint density at radius 2 is 0.621 bits per heavy atom. The molecule has 0 amide bonds. The van der Waals surface area contributed by atoms with Crippen molar-refractivity contribution in [3.8, 4) is 0 Å². The number of hydrogen-bond donors (Lipinski definition) is 3. The Morgan fingerprint density at radius 3 is 0.937 bits per heavy atom. The van der Waals surface area contributed by atoms with E-state index in [-0.39, 0.29) is 25.7 Å². The summed E-state index contributed by atoms with van der Waals surface area (Å²) in [6, 6.07) is 0. The van der Waals surface area contributed by atoms with Crippen molar-refractivity contribution in [1.82, 2.24) is 0 Å². The maximum Gasteiger partial charge on any atom is 0.472 e. The Kier molecular flexibility index (Phi) is 64.4. The molecule has 0 bridgehead atoms. The van der Waals surface area contributed by atoms with Crippen molar-refractivity contribution in [3.63, 3.8) is 0 Å². The van der Waals surface area contributed by atoms with Crippen LogP contribution >= 0.6 is 15.6 Å². The zero-order valence-electron chi connectivity index (χ0n) is 61.6. The number of phosphoric acid groups is 2. The summed E-state index contributed by atoms with van der Waals surface area (Å²) in [6.07, 6.45) is 55.1. The van der Waals surface area contributed by atoms with E-state index < -0.39 is 97.5 Å². The number of hydrogen-bond acceptors (Lipinski definition) is 15. The van der Waals surface area contributed by atoms with Gasteiger partial charge in [-0.25, -0.2) is 9.13 Å². The molecule has 0 fully saturated rings. The van der Waals surface area contributed by atoms with Gasteiger partial charge in [0.25, 0.3) is 0 Å². The number of phosphoric ester groups is 2. The third-order valence-electron chi connectivity index (χ3n) is 17.4. The molecular weight excluding hydrogens is 1250 g/mol. The van der Waals surface area contributed by atoms with Gasteiger partial charge in [-0.3, -0.25) is 37.3 Å². The van der Waals surface area contributed by atoms with Crippen molar-refractivity contribution in [2.75, 3.05) is 39.6 Å². The molecule has 0 spiro atoms. The van der Waals surface area contributed by atoms with Gasteiger partial charge < -0.3 is 33.8 Å². The molecule has 560 valence electrons. The minimum Gasteiger partial charge on any atom is -0.462 e. The fraction of sp³-hybridized carbons (Fsp3) is 0.895. The first-order valence-corrected chi connectivity index (χ1v) is 41.7. The van der Waals surface area contributed by atoms with Crippen LogP contribution in [0.3, 0.4) is 0 Å².